The van der Waals surface area contributed by atoms with Crippen LogP contribution in [0.15, 0.2) is 36.7 Å². The Hall–Kier alpha value is -5.11. The molecule has 0 saturated heterocycles. The van der Waals surface area contributed by atoms with Gasteiger partial charge in [0.2, 0.25) is 18.0 Å². The number of nitrogens with zero attached hydrogens (tertiary/aromatic N) is 1. The Labute approximate surface area is 211 Å². The normalized spacial score (nSPS) is 13.1. The Kier molecular flexibility index (Phi) is 7.63. The smallest absolute Gasteiger partial charge is 0.336 e. The van der Waals surface area contributed by atoms with Crippen LogP contribution >= 0.6 is 0 Å². The van der Waals surface area contributed by atoms with E-state index in [9.17, 15) is 29.4 Å². The number of rotatable bonds is 8. The average Bonchev–Trinajstić information content (AvgIpc) is 3.20. The van der Waals surface area contributed by atoms with E-state index in [4.69, 9.17) is 11.5 Å². The van der Waals surface area contributed by atoms with Gasteiger partial charge in [-0.2, -0.15) is 9.48 Å². The van der Waals surface area contributed by atoms with E-state index < -0.39 is 11.8 Å². The highest BCUT2D eigenvalue weighted by Gasteiger charge is 2.36. The molecular formula is C23H28N8O6+2. The van der Waals surface area contributed by atoms with E-state index in [0.29, 0.717) is 0 Å². The first-order chi connectivity index (χ1) is 17.4. The quantitative estimate of drug-likeness (QED) is 0.123. The number of nitrogens with one attached hydrogen (secondary N) is 5. The molecule has 0 aliphatic carbocycles. The number of nitrogens with two attached hydrogens (primary N) is 2. The maximum atomic E-state index is 12.8. The molecule has 194 valence electrons. The molecule has 1 heterocycles. The minimum Gasteiger partial charge on any atom is -0.506 e. The number of quaternary nitrogens is 1. The zero-order valence-electron chi connectivity index (χ0n) is 20.1. The first-order valence-corrected chi connectivity index (χ1v) is 10.9. The fourth-order valence-electron chi connectivity index (χ4n) is 3.69. The monoisotopic (exact) mass is 512 g/mol. The Morgan fingerprint density at radius 3 is 1.54 bits per heavy atom. The fourth-order valence-corrected chi connectivity index (χ4v) is 3.69. The number of aromatic hydroxyl groups is 2. The largest absolute Gasteiger partial charge is 0.506 e. The van der Waals surface area contributed by atoms with Crippen molar-refractivity contribution in [1.29, 1.82) is 0 Å². The second kappa shape index (κ2) is 10.7. The summed E-state index contributed by atoms with van der Waals surface area (Å²) in [5, 5.41) is 30.6. The number of nitrogen functional groups attached to an aromatic ring is 2. The van der Waals surface area contributed by atoms with Crippen molar-refractivity contribution in [3.05, 3.63) is 36.7 Å². The van der Waals surface area contributed by atoms with Gasteiger partial charge in [-0.1, -0.05) is 0 Å². The number of carbonyl (C=O) groups excluding carboxylic acids is 4. The van der Waals surface area contributed by atoms with Crippen LogP contribution in [0.25, 0.3) is 0 Å². The van der Waals surface area contributed by atoms with Gasteiger partial charge in [0.15, 0.2) is 19.3 Å². The van der Waals surface area contributed by atoms with Crippen LogP contribution in [0, 0.1) is 0 Å². The first-order valence-electron chi connectivity index (χ1n) is 10.9. The molecule has 3 rings (SSSR count). The van der Waals surface area contributed by atoms with E-state index in [2.05, 4.69) is 26.3 Å². The zero-order chi connectivity index (χ0) is 27.3. The molecule has 0 aromatic heterocycles. The number of hydrogen-bond donors (Lipinski definition) is 9. The van der Waals surface area contributed by atoms with Crippen molar-refractivity contribution in [3.63, 3.8) is 0 Å². The highest BCUT2D eigenvalue weighted by molar-refractivity contribution is 6.01. The van der Waals surface area contributed by atoms with Gasteiger partial charge in [0.05, 0.1) is 11.4 Å². The number of carbonyl (C=O) groups is 4. The van der Waals surface area contributed by atoms with Gasteiger partial charge in [0.1, 0.15) is 22.9 Å². The molecule has 11 N–H and O–H groups in total. The zero-order valence-corrected chi connectivity index (χ0v) is 20.1. The third-order valence-electron chi connectivity index (χ3n) is 5.14. The SMILES string of the molecule is CC(=O)Nc1cc(N)c(NC(=O)C[N+]2(CC(=O)Nc3c(N)cc(NC(C)=O)cc3O)C=C[NH+]=C2)c(O)c1. The number of anilines is 6. The first kappa shape index (κ1) is 26.5. The molecule has 0 fully saturated rings. The summed E-state index contributed by atoms with van der Waals surface area (Å²) in [6.45, 7) is 2.08. The third kappa shape index (κ3) is 6.73. The lowest BCUT2D eigenvalue weighted by Gasteiger charge is -2.23. The molecule has 1 aliphatic heterocycles. The van der Waals surface area contributed by atoms with Gasteiger partial charge < -0.3 is 42.9 Å². The number of benzene rings is 2. The Balaban J connectivity index is 1.71. The topological polar surface area (TPSA) is 223 Å². The summed E-state index contributed by atoms with van der Waals surface area (Å²) in [7, 11) is 0. The van der Waals surface area contributed by atoms with E-state index in [-0.39, 0.29) is 75.0 Å². The summed E-state index contributed by atoms with van der Waals surface area (Å²) in [6.07, 6.45) is 4.62. The van der Waals surface area contributed by atoms with Crippen LogP contribution in [0.1, 0.15) is 13.8 Å². The summed E-state index contributed by atoms with van der Waals surface area (Å²) < 4.78 is -0.257. The van der Waals surface area contributed by atoms with Gasteiger partial charge in [0, 0.05) is 37.4 Å². The molecule has 37 heavy (non-hydrogen) atoms. The van der Waals surface area contributed by atoms with Gasteiger partial charge in [-0.05, 0) is 12.1 Å². The molecule has 0 spiro atoms. The third-order valence-corrected chi connectivity index (χ3v) is 5.14. The number of phenols is 2. The van der Waals surface area contributed by atoms with Crippen molar-refractivity contribution in [2.24, 2.45) is 0 Å². The minimum absolute atomic E-state index is 0.0223. The van der Waals surface area contributed by atoms with Crippen LogP contribution in [-0.2, 0) is 19.2 Å². The predicted molar refractivity (Wildman–Crippen MR) is 137 cm³/mol. The van der Waals surface area contributed by atoms with Crippen molar-refractivity contribution in [2.75, 3.05) is 45.8 Å². The summed E-state index contributed by atoms with van der Waals surface area (Å²) in [4.78, 5) is 51.0. The Morgan fingerprint density at radius 2 is 1.22 bits per heavy atom. The van der Waals surface area contributed by atoms with Gasteiger partial charge >= 0.3 is 6.34 Å². The maximum absolute atomic E-state index is 12.8. The summed E-state index contributed by atoms with van der Waals surface area (Å²) >= 11 is 0. The number of phenolic OH excluding ortho intramolecular Hbond substituents is 2. The van der Waals surface area contributed by atoms with Crippen LogP contribution in [0.5, 0.6) is 11.5 Å². The fraction of sp³-hybridized carbons (Fsp3) is 0.174. The maximum Gasteiger partial charge on any atom is 0.336 e. The van der Waals surface area contributed by atoms with Gasteiger partial charge in [-0.15, -0.1) is 0 Å². The van der Waals surface area contributed by atoms with Crippen LogP contribution in [0.2, 0.25) is 0 Å². The molecular weight excluding hydrogens is 484 g/mol. The molecule has 0 radical (unpaired) electrons. The van der Waals surface area contributed by atoms with Crippen LogP contribution in [0.4, 0.5) is 34.1 Å². The second-order valence-electron chi connectivity index (χ2n) is 8.41. The van der Waals surface area contributed by atoms with Crippen LogP contribution in [0.3, 0.4) is 0 Å². The number of amides is 4. The summed E-state index contributed by atoms with van der Waals surface area (Å²) in [6, 6.07) is 5.24. The van der Waals surface area contributed by atoms with Crippen molar-refractivity contribution >= 4 is 64.1 Å². The molecule has 2 aromatic rings. The van der Waals surface area contributed by atoms with Gasteiger partial charge in [-0.3, -0.25) is 19.2 Å². The molecule has 0 unspecified atom stereocenters. The van der Waals surface area contributed by atoms with Gasteiger partial charge in [0.25, 0.3) is 11.8 Å². The molecule has 2 aromatic carbocycles. The highest BCUT2D eigenvalue weighted by atomic mass is 16.3. The van der Waals surface area contributed by atoms with E-state index >= 15 is 0 Å². The Bertz CT molecular complexity index is 1190. The van der Waals surface area contributed by atoms with Crippen LogP contribution in [-0.4, -0.2) is 57.8 Å². The lowest BCUT2D eigenvalue weighted by atomic mass is 10.2. The van der Waals surface area contributed by atoms with Crippen molar-refractivity contribution < 1.29 is 38.9 Å². The van der Waals surface area contributed by atoms with E-state index in [1.54, 1.807) is 12.4 Å². The number of hydrogen-bond acceptors (Lipinski definition) is 8. The van der Waals surface area contributed by atoms with Crippen molar-refractivity contribution in [1.82, 2.24) is 0 Å². The molecule has 14 nitrogen and oxygen atoms in total. The second-order valence-corrected chi connectivity index (χ2v) is 8.41. The minimum atomic E-state index is -0.575. The average molecular weight is 513 g/mol. The van der Waals surface area contributed by atoms with Crippen LogP contribution < -0.4 is 37.7 Å². The lowest BCUT2D eigenvalue weighted by Crippen LogP contribution is -2.64. The highest BCUT2D eigenvalue weighted by Crippen LogP contribution is 2.35. The predicted octanol–water partition coefficient (Wildman–Crippen LogP) is -0.833. The molecule has 4 amide bonds. The molecule has 0 saturated carbocycles. The van der Waals surface area contributed by atoms with E-state index in [1.807, 2.05) is 0 Å². The summed E-state index contributed by atoms with van der Waals surface area (Å²) in [5.74, 6) is -2.57. The van der Waals surface area contributed by atoms with Crippen molar-refractivity contribution in [2.45, 2.75) is 13.8 Å². The molecule has 1 aliphatic rings. The molecule has 14 heteroatoms. The Morgan fingerprint density at radius 1 is 0.784 bits per heavy atom. The molecule has 0 bridgehead atoms. The summed E-state index contributed by atoms with van der Waals surface area (Å²) in [5.41, 5.74) is 12.3. The van der Waals surface area contributed by atoms with E-state index in [0.717, 1.165) is 0 Å². The molecule has 0 atom stereocenters. The van der Waals surface area contributed by atoms with Crippen molar-refractivity contribution in [3.8, 4) is 11.5 Å². The lowest BCUT2D eigenvalue weighted by molar-refractivity contribution is -0.770. The standard InChI is InChI=1S/C23H26N8O6/c1-12(32)27-14-5-16(24)22(18(34)7-14)29-20(36)9-31(4-3-26-11-31)10-21(37)30-23-17(25)6-15(8-19(23)35)28-13(2)33/h3-8,11H,9-10,24-25H2,1-2H3,(H5-,27,28,29,30,32,33,34,35,36,37)/p+2. The van der Waals surface area contributed by atoms with E-state index in [1.165, 1.54) is 44.5 Å². The van der Waals surface area contributed by atoms with Gasteiger partial charge in [-0.25, -0.2) is 0 Å².